The first-order chi connectivity index (χ1) is 25.4. The van der Waals surface area contributed by atoms with Crippen LogP contribution in [0.5, 0.6) is 0 Å². The molecule has 0 unspecified atom stereocenters. The lowest BCUT2D eigenvalue weighted by atomic mass is 9.97. The van der Waals surface area contributed by atoms with Crippen molar-refractivity contribution in [2.24, 2.45) is 0 Å². The fourth-order valence-corrected chi connectivity index (χ4v) is 5.58. The molecule has 8 rings (SSSR count). The van der Waals surface area contributed by atoms with E-state index in [1.807, 2.05) is 158 Å². The molecule has 0 saturated carbocycles. The first-order valence-electron chi connectivity index (χ1n) is 17.7. The van der Waals surface area contributed by atoms with E-state index >= 15 is 0 Å². The zero-order valence-electron chi connectivity index (χ0n) is 29.8. The molecule has 0 radical (unpaired) electrons. The van der Waals surface area contributed by atoms with Gasteiger partial charge < -0.3 is 0 Å². The summed E-state index contributed by atoms with van der Waals surface area (Å²) >= 11 is 0. The minimum Gasteiger partial charge on any atom is -0.248 e. The lowest BCUT2D eigenvalue weighted by molar-refractivity contribution is 1.07. The second-order valence-corrected chi connectivity index (χ2v) is 11.2. The molecular formula is C44H30N4. The fourth-order valence-electron chi connectivity index (χ4n) is 5.58. The maximum Gasteiger partial charge on any atom is 0.164 e. The Morgan fingerprint density at radius 1 is 0.312 bits per heavy atom. The third kappa shape index (κ3) is 6.15. The SMILES string of the molecule is [2H]c1c([2H])c(-c2cccc(-c3nc(-c4ccccc4)nc(-c4ccccc4)n3)c2)c([2H])c(-c2cc(-c3ccccc3)cc(-c3ccccc3)n2)c1[2H]. The topological polar surface area (TPSA) is 51.6 Å². The molecule has 0 saturated heterocycles. The minimum atomic E-state index is -0.280. The molecule has 0 aliphatic carbocycles. The first-order valence-corrected chi connectivity index (χ1v) is 15.7. The van der Waals surface area contributed by atoms with Crippen molar-refractivity contribution < 1.29 is 5.48 Å². The number of nitrogens with zero attached hydrogens (tertiary/aromatic N) is 4. The maximum atomic E-state index is 9.51. The maximum absolute atomic E-state index is 9.51. The Kier molecular flexibility index (Phi) is 6.72. The van der Waals surface area contributed by atoms with Crippen LogP contribution in [0.2, 0.25) is 0 Å². The Morgan fingerprint density at radius 2 is 0.750 bits per heavy atom. The molecule has 48 heavy (non-hydrogen) atoms. The van der Waals surface area contributed by atoms with Crippen LogP contribution in [0.1, 0.15) is 5.48 Å². The van der Waals surface area contributed by atoms with Gasteiger partial charge in [0.15, 0.2) is 17.5 Å². The van der Waals surface area contributed by atoms with Crippen LogP contribution < -0.4 is 0 Å². The van der Waals surface area contributed by atoms with Crippen LogP contribution in [-0.2, 0) is 0 Å². The van der Waals surface area contributed by atoms with Gasteiger partial charge >= 0.3 is 0 Å². The number of rotatable bonds is 7. The van der Waals surface area contributed by atoms with Crippen molar-refractivity contribution in [2.75, 3.05) is 0 Å². The molecule has 0 fully saturated rings. The second-order valence-electron chi connectivity index (χ2n) is 11.2. The largest absolute Gasteiger partial charge is 0.248 e. The van der Waals surface area contributed by atoms with Gasteiger partial charge in [0.1, 0.15) is 0 Å². The number of benzene rings is 6. The molecule has 4 nitrogen and oxygen atoms in total. The van der Waals surface area contributed by atoms with Gasteiger partial charge in [-0.25, -0.2) is 19.9 Å². The van der Waals surface area contributed by atoms with Gasteiger partial charge in [-0.05, 0) is 46.5 Å². The summed E-state index contributed by atoms with van der Waals surface area (Å²) in [5.41, 5.74) is 7.08. The molecule has 226 valence electrons. The number of hydrogen-bond donors (Lipinski definition) is 0. The van der Waals surface area contributed by atoms with Crippen LogP contribution in [0.15, 0.2) is 182 Å². The fraction of sp³-hybridized carbons (Fsp3) is 0. The zero-order valence-corrected chi connectivity index (χ0v) is 25.8. The zero-order chi connectivity index (χ0) is 35.6. The molecule has 0 spiro atoms. The van der Waals surface area contributed by atoms with E-state index in [2.05, 4.69) is 0 Å². The summed E-state index contributed by atoms with van der Waals surface area (Å²) in [4.78, 5) is 19.5. The molecule has 0 aliphatic heterocycles. The second kappa shape index (κ2) is 13.1. The highest BCUT2D eigenvalue weighted by Gasteiger charge is 2.14. The average molecular weight is 619 g/mol. The van der Waals surface area contributed by atoms with E-state index in [1.54, 1.807) is 0 Å². The van der Waals surface area contributed by atoms with Gasteiger partial charge in [0.25, 0.3) is 0 Å². The minimum absolute atomic E-state index is 0.0505. The van der Waals surface area contributed by atoms with Crippen LogP contribution >= 0.6 is 0 Å². The van der Waals surface area contributed by atoms with Crippen molar-refractivity contribution in [3.63, 3.8) is 0 Å². The highest BCUT2D eigenvalue weighted by Crippen LogP contribution is 2.33. The Hall–Kier alpha value is -6.52. The van der Waals surface area contributed by atoms with Crippen LogP contribution in [0, 0.1) is 0 Å². The van der Waals surface area contributed by atoms with Crippen LogP contribution in [-0.4, -0.2) is 19.9 Å². The third-order valence-corrected chi connectivity index (χ3v) is 7.99. The molecular weight excluding hydrogens is 585 g/mol. The molecule has 6 aromatic carbocycles. The Labute approximate surface area is 285 Å². The number of hydrogen-bond acceptors (Lipinski definition) is 4. The van der Waals surface area contributed by atoms with Gasteiger partial charge in [0.2, 0.25) is 0 Å². The number of aromatic nitrogens is 4. The van der Waals surface area contributed by atoms with Crippen molar-refractivity contribution in [2.45, 2.75) is 0 Å². The summed E-state index contributed by atoms with van der Waals surface area (Å²) in [5.74, 6) is 1.47. The molecule has 0 N–H and O–H groups in total. The monoisotopic (exact) mass is 618 g/mol. The van der Waals surface area contributed by atoms with Gasteiger partial charge in [-0.3, -0.25) is 0 Å². The quantitative estimate of drug-likeness (QED) is 0.178. The van der Waals surface area contributed by atoms with Crippen molar-refractivity contribution in [3.05, 3.63) is 182 Å². The van der Waals surface area contributed by atoms with Gasteiger partial charge in [-0.15, -0.1) is 0 Å². The standard InChI is InChI=1S/C44H30N4/c1-5-15-31(16-6-1)39-29-40(32-17-7-2-8-18-32)45-41(30-39)37-25-13-23-35(27-37)36-24-14-26-38(28-36)44-47-42(33-19-9-3-10-20-33)46-43(48-44)34-21-11-4-12-22-34/h1-30H/i13D,23D,25D,27D. The molecule has 0 aliphatic rings. The van der Waals surface area contributed by atoms with Gasteiger partial charge in [-0.2, -0.15) is 0 Å². The molecule has 0 atom stereocenters. The Balaban J connectivity index is 1.30. The highest BCUT2D eigenvalue weighted by molar-refractivity contribution is 5.80. The molecule has 2 aromatic heterocycles. The van der Waals surface area contributed by atoms with E-state index in [-0.39, 0.29) is 35.3 Å². The van der Waals surface area contributed by atoms with E-state index in [4.69, 9.17) is 24.0 Å². The molecule has 0 amide bonds. The summed E-state index contributed by atoms with van der Waals surface area (Å²) in [7, 11) is 0. The number of pyridine rings is 1. The van der Waals surface area contributed by atoms with E-state index in [0.717, 1.165) is 27.8 Å². The summed E-state index contributed by atoms with van der Waals surface area (Å²) in [5, 5.41) is 0. The van der Waals surface area contributed by atoms with Gasteiger partial charge in [0, 0.05) is 27.8 Å². The van der Waals surface area contributed by atoms with Crippen molar-refractivity contribution >= 4 is 0 Å². The molecule has 8 aromatic rings. The normalized spacial score (nSPS) is 12.1. The van der Waals surface area contributed by atoms with E-state index in [1.165, 1.54) is 0 Å². The lowest BCUT2D eigenvalue weighted by Gasteiger charge is -2.12. The molecule has 0 bridgehead atoms. The van der Waals surface area contributed by atoms with E-state index in [9.17, 15) is 1.37 Å². The summed E-state index contributed by atoms with van der Waals surface area (Å²) in [6.07, 6.45) is 0. The van der Waals surface area contributed by atoms with Crippen LogP contribution in [0.3, 0.4) is 0 Å². The predicted octanol–water partition coefficient (Wildman–Crippen LogP) is 10.9. The van der Waals surface area contributed by atoms with Crippen molar-refractivity contribution in [1.29, 1.82) is 0 Å². The Morgan fingerprint density at radius 3 is 1.33 bits per heavy atom. The average Bonchev–Trinajstić information content (AvgIpc) is 3.21. The van der Waals surface area contributed by atoms with E-state index < -0.39 is 0 Å². The summed E-state index contributed by atoms with van der Waals surface area (Å²) in [6.45, 7) is 0. The van der Waals surface area contributed by atoms with Crippen molar-refractivity contribution in [3.8, 4) is 78.9 Å². The van der Waals surface area contributed by atoms with Crippen molar-refractivity contribution in [1.82, 2.24) is 19.9 Å². The third-order valence-electron chi connectivity index (χ3n) is 7.99. The summed E-state index contributed by atoms with van der Waals surface area (Å²) < 4.78 is 36.4. The van der Waals surface area contributed by atoms with Gasteiger partial charge in [-0.1, -0.05) is 158 Å². The first kappa shape index (κ1) is 24.7. The van der Waals surface area contributed by atoms with Crippen LogP contribution in [0.4, 0.5) is 0 Å². The molecule has 4 heteroatoms. The molecule has 2 heterocycles. The smallest absolute Gasteiger partial charge is 0.164 e. The van der Waals surface area contributed by atoms with E-state index in [0.29, 0.717) is 40.0 Å². The lowest BCUT2D eigenvalue weighted by Crippen LogP contribution is -2.00. The Bertz CT molecular complexity index is 2430. The van der Waals surface area contributed by atoms with Crippen LogP contribution in [0.25, 0.3) is 78.9 Å². The van der Waals surface area contributed by atoms with Gasteiger partial charge in [0.05, 0.1) is 16.9 Å². The summed E-state index contributed by atoms with van der Waals surface area (Å²) in [6, 6.07) is 49.5. The predicted molar refractivity (Wildman–Crippen MR) is 196 cm³/mol. The highest BCUT2D eigenvalue weighted by atomic mass is 15.0.